The quantitative estimate of drug-likeness (QED) is 0.598. The number of nitrogens with one attached hydrogen (secondary N) is 2. The van der Waals surface area contributed by atoms with Crippen LogP contribution in [0.4, 0.5) is 0 Å². The topological polar surface area (TPSA) is 67.4 Å². The Bertz CT molecular complexity index is 242. The monoisotopic (exact) mass is 200 g/mol. The van der Waals surface area contributed by atoms with Crippen molar-refractivity contribution in [2.24, 2.45) is 0 Å². The smallest absolute Gasteiger partial charge is 0.322 e. The Labute approximate surface area is 83.2 Å². The lowest BCUT2D eigenvalue weighted by molar-refractivity contribution is -0.142. The van der Waals surface area contributed by atoms with Crippen LogP contribution in [0.1, 0.15) is 20.3 Å². The van der Waals surface area contributed by atoms with E-state index in [1.54, 1.807) is 6.92 Å². The van der Waals surface area contributed by atoms with E-state index in [1.165, 1.54) is 7.11 Å². The molecule has 0 radical (unpaired) electrons. The third kappa shape index (κ3) is 2.45. The molecule has 0 unspecified atom stereocenters. The lowest BCUT2D eigenvalue weighted by Crippen LogP contribution is -2.46. The van der Waals surface area contributed by atoms with E-state index in [1.807, 2.05) is 6.92 Å². The van der Waals surface area contributed by atoms with Crippen LogP contribution in [-0.2, 0) is 14.3 Å². The van der Waals surface area contributed by atoms with Crippen LogP contribution in [0, 0.1) is 0 Å². The molecule has 0 aliphatic carbocycles. The van der Waals surface area contributed by atoms with Gasteiger partial charge in [0.05, 0.1) is 7.11 Å². The van der Waals surface area contributed by atoms with E-state index in [2.05, 4.69) is 15.4 Å². The SMILES string of the molecule is COC(=O)[C@H](C)N[C@H]1CC(=O)N[C@H]1C. The van der Waals surface area contributed by atoms with Gasteiger partial charge in [-0.2, -0.15) is 0 Å². The fraction of sp³-hybridized carbons (Fsp3) is 0.778. The van der Waals surface area contributed by atoms with E-state index >= 15 is 0 Å². The molecule has 1 rings (SSSR count). The Hall–Kier alpha value is -1.10. The van der Waals surface area contributed by atoms with Gasteiger partial charge in [-0.05, 0) is 13.8 Å². The van der Waals surface area contributed by atoms with Crippen molar-refractivity contribution < 1.29 is 14.3 Å². The highest BCUT2D eigenvalue weighted by Crippen LogP contribution is 2.08. The zero-order chi connectivity index (χ0) is 10.7. The summed E-state index contributed by atoms with van der Waals surface area (Å²) in [5.74, 6) is -0.288. The third-order valence-electron chi connectivity index (χ3n) is 2.42. The second-order valence-electron chi connectivity index (χ2n) is 3.58. The molecule has 1 aliphatic heterocycles. The minimum Gasteiger partial charge on any atom is -0.468 e. The first-order valence-electron chi connectivity index (χ1n) is 4.68. The average molecular weight is 200 g/mol. The molecule has 5 heteroatoms. The lowest BCUT2D eigenvalue weighted by atomic mass is 10.1. The molecule has 1 heterocycles. The first kappa shape index (κ1) is 11.0. The normalized spacial score (nSPS) is 28.4. The predicted octanol–water partition coefficient (Wildman–Crippen LogP) is -0.585. The number of carbonyl (C=O) groups excluding carboxylic acids is 2. The molecule has 0 bridgehead atoms. The van der Waals surface area contributed by atoms with E-state index < -0.39 is 0 Å². The fourth-order valence-electron chi connectivity index (χ4n) is 1.56. The second kappa shape index (κ2) is 4.41. The Morgan fingerprint density at radius 3 is 2.79 bits per heavy atom. The minimum atomic E-state index is -0.375. The van der Waals surface area contributed by atoms with Crippen LogP contribution in [0.25, 0.3) is 0 Å². The van der Waals surface area contributed by atoms with Crippen molar-refractivity contribution in [3.8, 4) is 0 Å². The van der Waals surface area contributed by atoms with Crippen molar-refractivity contribution in [3.05, 3.63) is 0 Å². The van der Waals surface area contributed by atoms with Crippen LogP contribution in [0.5, 0.6) is 0 Å². The number of carbonyl (C=O) groups is 2. The summed E-state index contributed by atoms with van der Waals surface area (Å²) in [6.45, 7) is 3.63. The van der Waals surface area contributed by atoms with Crippen LogP contribution in [0.15, 0.2) is 0 Å². The summed E-state index contributed by atoms with van der Waals surface area (Å²) in [6, 6.07) is -0.300. The van der Waals surface area contributed by atoms with Crippen molar-refractivity contribution in [3.63, 3.8) is 0 Å². The highest BCUT2D eigenvalue weighted by atomic mass is 16.5. The number of methoxy groups -OCH3 is 1. The molecule has 0 aromatic rings. The van der Waals surface area contributed by atoms with Crippen molar-refractivity contribution in [2.45, 2.75) is 38.4 Å². The summed E-state index contributed by atoms with van der Waals surface area (Å²) in [4.78, 5) is 22.1. The highest BCUT2D eigenvalue weighted by molar-refractivity contribution is 5.80. The highest BCUT2D eigenvalue weighted by Gasteiger charge is 2.31. The number of hydrogen-bond acceptors (Lipinski definition) is 4. The fourth-order valence-corrected chi connectivity index (χ4v) is 1.56. The molecular weight excluding hydrogens is 184 g/mol. The Morgan fingerprint density at radius 2 is 2.36 bits per heavy atom. The Balaban J connectivity index is 2.44. The second-order valence-corrected chi connectivity index (χ2v) is 3.58. The van der Waals surface area contributed by atoms with Crippen LogP contribution in [0.2, 0.25) is 0 Å². The van der Waals surface area contributed by atoms with Crippen molar-refractivity contribution in [1.29, 1.82) is 0 Å². The van der Waals surface area contributed by atoms with Gasteiger partial charge < -0.3 is 10.1 Å². The summed E-state index contributed by atoms with van der Waals surface area (Å²) in [6.07, 6.45) is 0.419. The van der Waals surface area contributed by atoms with Crippen molar-refractivity contribution in [1.82, 2.24) is 10.6 Å². The number of rotatable bonds is 3. The van der Waals surface area contributed by atoms with E-state index in [0.717, 1.165) is 0 Å². The molecule has 3 atom stereocenters. The first-order valence-corrected chi connectivity index (χ1v) is 4.68. The Morgan fingerprint density at radius 1 is 1.71 bits per heavy atom. The Kier molecular flexibility index (Phi) is 3.46. The van der Waals surface area contributed by atoms with Crippen LogP contribution in [0.3, 0.4) is 0 Å². The number of amides is 1. The van der Waals surface area contributed by atoms with Crippen LogP contribution < -0.4 is 10.6 Å². The maximum Gasteiger partial charge on any atom is 0.322 e. The van der Waals surface area contributed by atoms with Crippen molar-refractivity contribution in [2.75, 3.05) is 7.11 Å². The van der Waals surface area contributed by atoms with Gasteiger partial charge in [-0.1, -0.05) is 0 Å². The van der Waals surface area contributed by atoms with E-state index in [-0.39, 0.29) is 30.0 Å². The van der Waals surface area contributed by atoms with Gasteiger partial charge in [0.15, 0.2) is 0 Å². The van der Waals surface area contributed by atoms with Gasteiger partial charge in [0.25, 0.3) is 0 Å². The summed E-state index contributed by atoms with van der Waals surface area (Å²) >= 11 is 0. The summed E-state index contributed by atoms with van der Waals surface area (Å²) < 4.78 is 4.58. The zero-order valence-electron chi connectivity index (χ0n) is 8.66. The molecule has 0 aromatic carbocycles. The molecule has 14 heavy (non-hydrogen) atoms. The molecule has 5 nitrogen and oxygen atoms in total. The number of esters is 1. The molecule has 2 N–H and O–H groups in total. The van der Waals surface area contributed by atoms with E-state index in [9.17, 15) is 9.59 Å². The van der Waals surface area contributed by atoms with Gasteiger partial charge in [-0.15, -0.1) is 0 Å². The van der Waals surface area contributed by atoms with Crippen LogP contribution in [-0.4, -0.2) is 37.1 Å². The molecular formula is C9H16N2O3. The van der Waals surface area contributed by atoms with Gasteiger partial charge in [0.2, 0.25) is 5.91 Å². The zero-order valence-corrected chi connectivity index (χ0v) is 8.66. The number of ether oxygens (including phenoxy) is 1. The van der Waals surface area contributed by atoms with E-state index in [4.69, 9.17) is 0 Å². The van der Waals surface area contributed by atoms with Gasteiger partial charge in [0.1, 0.15) is 6.04 Å². The molecule has 1 fully saturated rings. The molecule has 1 aliphatic rings. The minimum absolute atomic E-state index is 0.0107. The largest absolute Gasteiger partial charge is 0.468 e. The molecule has 0 saturated carbocycles. The molecule has 0 spiro atoms. The van der Waals surface area contributed by atoms with E-state index in [0.29, 0.717) is 6.42 Å². The maximum absolute atomic E-state index is 11.1. The summed E-state index contributed by atoms with van der Waals surface area (Å²) in [5.41, 5.74) is 0. The predicted molar refractivity (Wildman–Crippen MR) is 50.6 cm³/mol. The van der Waals surface area contributed by atoms with Gasteiger partial charge in [0, 0.05) is 18.5 Å². The standard InChI is InChI=1S/C9H16N2O3/c1-5-7(4-8(12)11-5)10-6(2)9(13)14-3/h5-7,10H,4H2,1-3H3,(H,11,12)/t5-,6-,7-/m0/s1. The maximum atomic E-state index is 11.1. The average Bonchev–Trinajstić information content (AvgIpc) is 2.44. The first-order chi connectivity index (χ1) is 6.54. The lowest BCUT2D eigenvalue weighted by Gasteiger charge is -2.19. The molecule has 1 saturated heterocycles. The van der Waals surface area contributed by atoms with Gasteiger partial charge in [-0.3, -0.25) is 14.9 Å². The summed E-state index contributed by atoms with van der Waals surface area (Å²) in [5, 5.41) is 5.83. The summed E-state index contributed by atoms with van der Waals surface area (Å²) in [7, 11) is 1.35. The number of hydrogen-bond donors (Lipinski definition) is 2. The molecule has 0 aromatic heterocycles. The van der Waals surface area contributed by atoms with Crippen molar-refractivity contribution >= 4 is 11.9 Å². The molecule has 1 amide bonds. The van der Waals surface area contributed by atoms with Gasteiger partial charge in [-0.25, -0.2) is 0 Å². The van der Waals surface area contributed by atoms with Gasteiger partial charge >= 0.3 is 5.97 Å². The van der Waals surface area contributed by atoms with Crippen LogP contribution >= 0.6 is 0 Å². The molecule has 80 valence electrons. The third-order valence-corrected chi connectivity index (χ3v) is 2.42.